The van der Waals surface area contributed by atoms with Gasteiger partial charge in [-0.05, 0) is 13.3 Å². The summed E-state index contributed by atoms with van der Waals surface area (Å²) in [7, 11) is 0. The van der Waals surface area contributed by atoms with E-state index in [4.69, 9.17) is 5.11 Å². The Bertz CT molecular complexity index is 154. The molecule has 0 aliphatic carbocycles. The van der Waals surface area contributed by atoms with Crippen molar-refractivity contribution >= 4 is 6.09 Å². The minimum atomic E-state index is -1.13. The van der Waals surface area contributed by atoms with Gasteiger partial charge in [0.25, 0.3) is 0 Å². The summed E-state index contributed by atoms with van der Waals surface area (Å²) in [5.41, 5.74) is -1.03. The predicted molar refractivity (Wildman–Crippen MR) is 41.5 cm³/mol. The van der Waals surface area contributed by atoms with Crippen molar-refractivity contribution < 1.29 is 15.0 Å². The Kier molecular flexibility index (Phi) is 3.60. The second-order valence-corrected chi connectivity index (χ2v) is 2.65. The molecular weight excluding hydrogens is 146 g/mol. The minimum Gasteiger partial charge on any atom is -0.465 e. The van der Waals surface area contributed by atoms with Crippen molar-refractivity contribution in [1.82, 2.24) is 5.32 Å². The molecular formula is C7H13NO3. The summed E-state index contributed by atoms with van der Waals surface area (Å²) in [5.74, 6) is 0. The molecule has 1 amide bonds. The fourth-order valence-corrected chi connectivity index (χ4v) is 0.649. The SMILES string of the molecule is C=CC[C@](C)(O)CNC(=O)O. The maximum absolute atomic E-state index is 10.0. The van der Waals surface area contributed by atoms with Crippen molar-refractivity contribution in [2.75, 3.05) is 6.54 Å². The van der Waals surface area contributed by atoms with Crippen LogP contribution in [0.4, 0.5) is 4.79 Å². The van der Waals surface area contributed by atoms with Gasteiger partial charge in [-0.3, -0.25) is 0 Å². The van der Waals surface area contributed by atoms with Gasteiger partial charge in [0, 0.05) is 6.54 Å². The third-order valence-corrected chi connectivity index (χ3v) is 1.20. The van der Waals surface area contributed by atoms with Gasteiger partial charge < -0.3 is 15.5 Å². The van der Waals surface area contributed by atoms with Gasteiger partial charge in [0.1, 0.15) is 0 Å². The van der Waals surface area contributed by atoms with E-state index in [1.54, 1.807) is 13.0 Å². The van der Waals surface area contributed by atoms with Crippen molar-refractivity contribution in [3.63, 3.8) is 0 Å². The van der Waals surface area contributed by atoms with E-state index in [9.17, 15) is 9.90 Å². The number of aliphatic hydroxyl groups is 1. The standard InChI is InChI=1S/C7H13NO3/c1-3-4-7(2,11)5-8-6(9)10/h3,8,11H,1,4-5H2,2H3,(H,9,10)/t7-/m0/s1. The van der Waals surface area contributed by atoms with Crippen LogP contribution in [0.2, 0.25) is 0 Å². The van der Waals surface area contributed by atoms with Crippen LogP contribution in [-0.2, 0) is 0 Å². The molecule has 0 unspecified atom stereocenters. The van der Waals surface area contributed by atoms with Crippen molar-refractivity contribution in [3.05, 3.63) is 12.7 Å². The Morgan fingerprint density at radius 3 is 2.73 bits per heavy atom. The molecule has 0 aliphatic heterocycles. The van der Waals surface area contributed by atoms with E-state index in [1.807, 2.05) is 0 Å². The Hall–Kier alpha value is -1.03. The lowest BCUT2D eigenvalue weighted by Gasteiger charge is -2.20. The number of hydrogen-bond donors (Lipinski definition) is 3. The Labute approximate surface area is 65.5 Å². The Morgan fingerprint density at radius 2 is 2.36 bits per heavy atom. The first-order chi connectivity index (χ1) is 4.98. The highest BCUT2D eigenvalue weighted by Gasteiger charge is 2.18. The van der Waals surface area contributed by atoms with E-state index >= 15 is 0 Å². The number of carbonyl (C=O) groups is 1. The van der Waals surface area contributed by atoms with Crippen LogP contribution >= 0.6 is 0 Å². The van der Waals surface area contributed by atoms with Gasteiger partial charge in [-0.2, -0.15) is 0 Å². The maximum Gasteiger partial charge on any atom is 0.404 e. The van der Waals surface area contributed by atoms with Gasteiger partial charge in [0.15, 0.2) is 0 Å². The average Bonchev–Trinajstić information content (AvgIpc) is 1.84. The van der Waals surface area contributed by atoms with Crippen LogP contribution < -0.4 is 5.32 Å². The molecule has 1 atom stereocenters. The molecule has 11 heavy (non-hydrogen) atoms. The summed E-state index contributed by atoms with van der Waals surface area (Å²) < 4.78 is 0. The van der Waals surface area contributed by atoms with Crippen LogP contribution in [0.1, 0.15) is 13.3 Å². The molecule has 0 bridgehead atoms. The molecule has 0 heterocycles. The van der Waals surface area contributed by atoms with E-state index in [1.165, 1.54) is 0 Å². The topological polar surface area (TPSA) is 69.6 Å². The average molecular weight is 159 g/mol. The second kappa shape index (κ2) is 3.98. The Morgan fingerprint density at radius 1 is 1.82 bits per heavy atom. The first-order valence-electron chi connectivity index (χ1n) is 3.28. The zero-order valence-corrected chi connectivity index (χ0v) is 6.50. The van der Waals surface area contributed by atoms with E-state index < -0.39 is 11.7 Å². The van der Waals surface area contributed by atoms with Gasteiger partial charge >= 0.3 is 6.09 Å². The number of amides is 1. The highest BCUT2D eigenvalue weighted by molar-refractivity contribution is 5.64. The van der Waals surface area contributed by atoms with Crippen molar-refractivity contribution in [1.29, 1.82) is 0 Å². The second-order valence-electron chi connectivity index (χ2n) is 2.65. The molecule has 0 aromatic carbocycles. The van der Waals surface area contributed by atoms with E-state index in [0.717, 1.165) is 0 Å². The fourth-order valence-electron chi connectivity index (χ4n) is 0.649. The van der Waals surface area contributed by atoms with Crippen LogP contribution in [0.3, 0.4) is 0 Å². The third kappa shape index (κ3) is 5.42. The molecule has 0 radical (unpaired) electrons. The largest absolute Gasteiger partial charge is 0.465 e. The van der Waals surface area contributed by atoms with E-state index in [2.05, 4.69) is 11.9 Å². The summed E-state index contributed by atoms with van der Waals surface area (Å²) >= 11 is 0. The minimum absolute atomic E-state index is 0.0222. The number of nitrogens with one attached hydrogen (secondary N) is 1. The van der Waals surface area contributed by atoms with Crippen molar-refractivity contribution in [2.24, 2.45) is 0 Å². The molecule has 64 valence electrons. The summed E-state index contributed by atoms with van der Waals surface area (Å²) in [6, 6.07) is 0. The molecule has 0 spiro atoms. The lowest BCUT2D eigenvalue weighted by molar-refractivity contribution is 0.0624. The first-order valence-corrected chi connectivity index (χ1v) is 3.28. The third-order valence-electron chi connectivity index (χ3n) is 1.20. The van der Waals surface area contributed by atoms with Gasteiger partial charge in [-0.15, -0.1) is 6.58 Å². The molecule has 4 heteroatoms. The van der Waals surface area contributed by atoms with Gasteiger partial charge in [-0.1, -0.05) is 6.08 Å². The Balaban J connectivity index is 3.71. The van der Waals surface area contributed by atoms with Crippen LogP contribution in [0.25, 0.3) is 0 Å². The molecule has 0 saturated heterocycles. The molecule has 3 N–H and O–H groups in total. The normalized spacial score (nSPS) is 15.1. The van der Waals surface area contributed by atoms with Crippen LogP contribution in [0.15, 0.2) is 12.7 Å². The molecule has 0 saturated carbocycles. The molecule has 0 aromatic heterocycles. The van der Waals surface area contributed by atoms with Gasteiger partial charge in [0.05, 0.1) is 5.60 Å². The van der Waals surface area contributed by atoms with Crippen molar-refractivity contribution in [3.8, 4) is 0 Å². The maximum atomic E-state index is 10.0. The zero-order valence-electron chi connectivity index (χ0n) is 6.50. The number of hydrogen-bond acceptors (Lipinski definition) is 2. The van der Waals surface area contributed by atoms with Gasteiger partial charge in [0.2, 0.25) is 0 Å². The smallest absolute Gasteiger partial charge is 0.404 e. The van der Waals surface area contributed by atoms with Crippen LogP contribution in [0.5, 0.6) is 0 Å². The molecule has 0 fully saturated rings. The van der Waals surface area contributed by atoms with Crippen molar-refractivity contribution in [2.45, 2.75) is 18.9 Å². The summed E-state index contributed by atoms with van der Waals surface area (Å²) in [6.45, 7) is 5.01. The lowest BCUT2D eigenvalue weighted by Crippen LogP contribution is -2.39. The van der Waals surface area contributed by atoms with Gasteiger partial charge in [-0.25, -0.2) is 4.79 Å². The lowest BCUT2D eigenvalue weighted by atomic mass is 10.0. The fraction of sp³-hybridized carbons (Fsp3) is 0.571. The first kappa shape index (κ1) is 9.97. The van der Waals surface area contributed by atoms with Crippen LogP contribution in [0, 0.1) is 0 Å². The summed E-state index contributed by atoms with van der Waals surface area (Å²) in [6.07, 6.45) is 0.783. The monoisotopic (exact) mass is 159 g/mol. The molecule has 0 rings (SSSR count). The zero-order chi connectivity index (χ0) is 8.91. The number of rotatable bonds is 4. The molecule has 4 nitrogen and oxygen atoms in total. The quantitative estimate of drug-likeness (QED) is 0.525. The summed E-state index contributed by atoms with van der Waals surface area (Å²) in [5, 5.41) is 19.7. The van der Waals surface area contributed by atoms with E-state index in [0.29, 0.717) is 6.42 Å². The van der Waals surface area contributed by atoms with E-state index in [-0.39, 0.29) is 6.54 Å². The predicted octanol–water partition coefficient (Wildman–Crippen LogP) is 0.581. The van der Waals surface area contributed by atoms with Crippen LogP contribution in [-0.4, -0.2) is 28.5 Å². The summed E-state index contributed by atoms with van der Waals surface area (Å²) in [4.78, 5) is 10.0. The highest BCUT2D eigenvalue weighted by atomic mass is 16.4. The highest BCUT2D eigenvalue weighted by Crippen LogP contribution is 2.07. The molecule has 0 aromatic rings. The number of carboxylic acid groups (broad SMARTS) is 1. The molecule has 0 aliphatic rings.